The largest absolute Gasteiger partial charge is 0.417 e. The first-order valence-electron chi connectivity index (χ1n) is 4.63. The normalized spacial score (nSPS) is 11.4. The Morgan fingerprint density at radius 3 is 2.19 bits per heavy atom. The highest BCUT2D eigenvalue weighted by atomic mass is 19.4. The summed E-state index contributed by atoms with van der Waals surface area (Å²) in [6.07, 6.45) is -4.49. The third-order valence-electron chi connectivity index (χ3n) is 2.20. The van der Waals surface area contributed by atoms with Crippen LogP contribution in [-0.2, 0) is 6.18 Å². The molecule has 0 aromatic heterocycles. The number of hydrogen-bond acceptors (Lipinski definition) is 2. The third-order valence-corrected chi connectivity index (χ3v) is 2.20. The first-order chi connectivity index (χ1) is 7.23. The molecule has 0 saturated carbocycles. The summed E-state index contributed by atoms with van der Waals surface area (Å²) in [4.78, 5) is 12.8. The van der Waals surface area contributed by atoms with E-state index in [1.165, 1.54) is 12.1 Å². The van der Waals surface area contributed by atoms with Crippen LogP contribution in [0.3, 0.4) is 0 Å². The molecule has 0 atom stereocenters. The van der Waals surface area contributed by atoms with Gasteiger partial charge in [0, 0.05) is 25.3 Å². The Hall–Kier alpha value is -1.52. The molecule has 1 aromatic carbocycles. The molecule has 1 aromatic rings. The fourth-order valence-corrected chi connectivity index (χ4v) is 1.35. The van der Waals surface area contributed by atoms with Crippen molar-refractivity contribution in [3.63, 3.8) is 0 Å². The van der Waals surface area contributed by atoms with Crippen molar-refractivity contribution in [2.75, 3.05) is 19.0 Å². The van der Waals surface area contributed by atoms with Gasteiger partial charge in [0.15, 0.2) is 5.78 Å². The van der Waals surface area contributed by atoms with Gasteiger partial charge in [0.05, 0.1) is 5.56 Å². The smallest absolute Gasteiger partial charge is 0.378 e. The molecule has 0 fully saturated rings. The van der Waals surface area contributed by atoms with E-state index in [-0.39, 0.29) is 5.56 Å². The molecule has 0 aliphatic heterocycles. The molecular formula is C11H12F3NO. The Labute approximate surface area is 91.7 Å². The lowest BCUT2D eigenvalue weighted by atomic mass is 10.0. The van der Waals surface area contributed by atoms with Crippen LogP contribution in [0.2, 0.25) is 0 Å². The van der Waals surface area contributed by atoms with Gasteiger partial charge in [0.2, 0.25) is 0 Å². The summed E-state index contributed by atoms with van der Waals surface area (Å²) in [5.74, 6) is -0.587. The van der Waals surface area contributed by atoms with Crippen molar-refractivity contribution < 1.29 is 18.0 Å². The molecular weight excluding hydrogens is 219 g/mol. The van der Waals surface area contributed by atoms with Crippen molar-refractivity contribution in [3.05, 3.63) is 29.3 Å². The van der Waals surface area contributed by atoms with E-state index >= 15 is 0 Å². The number of carbonyl (C=O) groups excluding carboxylic acids is 1. The van der Waals surface area contributed by atoms with Gasteiger partial charge in [-0.3, -0.25) is 4.79 Å². The number of rotatable bonds is 2. The van der Waals surface area contributed by atoms with E-state index in [0.29, 0.717) is 5.69 Å². The molecule has 5 heteroatoms. The number of nitrogens with zero attached hydrogens (tertiary/aromatic N) is 1. The summed E-state index contributed by atoms with van der Waals surface area (Å²) in [6, 6.07) is 3.53. The zero-order chi connectivity index (χ0) is 12.5. The number of benzene rings is 1. The van der Waals surface area contributed by atoms with E-state index in [9.17, 15) is 18.0 Å². The fraction of sp³-hybridized carbons (Fsp3) is 0.364. The predicted octanol–water partition coefficient (Wildman–Crippen LogP) is 2.97. The number of hydrogen-bond donors (Lipinski definition) is 0. The summed E-state index contributed by atoms with van der Waals surface area (Å²) in [6.45, 7) is 1.13. The summed E-state index contributed by atoms with van der Waals surface area (Å²) in [5.41, 5.74) is -0.609. The number of anilines is 1. The average molecular weight is 231 g/mol. The Bertz CT molecular complexity index is 410. The second kappa shape index (κ2) is 4.15. The highest BCUT2D eigenvalue weighted by Crippen LogP contribution is 2.33. The third kappa shape index (κ3) is 2.53. The van der Waals surface area contributed by atoms with Crippen LogP contribution in [-0.4, -0.2) is 19.9 Å². The number of carbonyl (C=O) groups is 1. The maximum absolute atomic E-state index is 12.6. The molecule has 0 saturated heterocycles. The van der Waals surface area contributed by atoms with Crippen molar-refractivity contribution in [1.82, 2.24) is 0 Å². The monoisotopic (exact) mass is 231 g/mol. The zero-order valence-electron chi connectivity index (χ0n) is 9.22. The minimum atomic E-state index is -4.49. The second-order valence-corrected chi connectivity index (χ2v) is 3.68. The molecule has 0 aliphatic carbocycles. The van der Waals surface area contributed by atoms with Crippen LogP contribution < -0.4 is 4.90 Å². The highest BCUT2D eigenvalue weighted by Gasteiger charge is 2.34. The zero-order valence-corrected chi connectivity index (χ0v) is 9.22. The maximum Gasteiger partial charge on any atom is 0.417 e. The van der Waals surface area contributed by atoms with Gasteiger partial charge >= 0.3 is 6.18 Å². The van der Waals surface area contributed by atoms with Crippen LogP contribution in [0, 0.1) is 0 Å². The lowest BCUT2D eigenvalue weighted by Crippen LogP contribution is -2.14. The van der Waals surface area contributed by atoms with Crippen molar-refractivity contribution in [2.45, 2.75) is 13.1 Å². The van der Waals surface area contributed by atoms with Crippen molar-refractivity contribution in [1.29, 1.82) is 0 Å². The van der Waals surface area contributed by atoms with Gasteiger partial charge in [-0.1, -0.05) is 0 Å². The molecule has 0 aliphatic rings. The Morgan fingerprint density at radius 1 is 1.25 bits per heavy atom. The maximum atomic E-state index is 12.6. The first kappa shape index (κ1) is 12.5. The SMILES string of the molecule is CC(=O)c1cc(N(C)C)ccc1C(F)(F)F. The average Bonchev–Trinajstić information content (AvgIpc) is 2.15. The lowest BCUT2D eigenvalue weighted by molar-refractivity contribution is -0.137. The van der Waals surface area contributed by atoms with Gasteiger partial charge < -0.3 is 4.90 Å². The second-order valence-electron chi connectivity index (χ2n) is 3.68. The predicted molar refractivity (Wildman–Crippen MR) is 55.8 cm³/mol. The van der Waals surface area contributed by atoms with E-state index in [1.54, 1.807) is 19.0 Å². The van der Waals surface area contributed by atoms with Crippen molar-refractivity contribution in [3.8, 4) is 0 Å². The summed E-state index contributed by atoms with van der Waals surface area (Å²) >= 11 is 0. The van der Waals surface area contributed by atoms with Crippen molar-refractivity contribution in [2.24, 2.45) is 0 Å². The molecule has 0 amide bonds. The minimum absolute atomic E-state index is 0.293. The molecule has 0 bridgehead atoms. The van der Waals surface area contributed by atoms with Crippen LogP contribution in [0.25, 0.3) is 0 Å². The van der Waals surface area contributed by atoms with Gasteiger partial charge in [-0.2, -0.15) is 13.2 Å². The summed E-state index contributed by atoms with van der Waals surface area (Å²) < 4.78 is 37.7. The minimum Gasteiger partial charge on any atom is -0.378 e. The Morgan fingerprint density at radius 2 is 1.81 bits per heavy atom. The summed E-state index contributed by atoms with van der Waals surface area (Å²) in [7, 11) is 3.40. The fourth-order valence-electron chi connectivity index (χ4n) is 1.35. The van der Waals surface area contributed by atoms with E-state index in [4.69, 9.17) is 0 Å². The van der Waals surface area contributed by atoms with E-state index < -0.39 is 17.5 Å². The van der Waals surface area contributed by atoms with Crippen LogP contribution in [0.15, 0.2) is 18.2 Å². The van der Waals surface area contributed by atoms with Crippen molar-refractivity contribution >= 4 is 11.5 Å². The van der Waals surface area contributed by atoms with Gasteiger partial charge in [0.1, 0.15) is 0 Å². The molecule has 16 heavy (non-hydrogen) atoms. The standard InChI is InChI=1S/C11H12F3NO/c1-7(16)9-6-8(15(2)3)4-5-10(9)11(12,13)14/h4-6H,1-3H3. The van der Waals surface area contributed by atoms with Gasteiger partial charge in [-0.25, -0.2) is 0 Å². The van der Waals surface area contributed by atoms with Crippen LogP contribution in [0.1, 0.15) is 22.8 Å². The molecule has 0 radical (unpaired) electrons. The number of Topliss-reactive ketones (excluding diaryl/α,β-unsaturated/α-hetero) is 1. The molecule has 0 spiro atoms. The molecule has 0 heterocycles. The molecule has 0 N–H and O–H groups in total. The lowest BCUT2D eigenvalue weighted by Gasteiger charge is -2.16. The molecule has 0 unspecified atom stereocenters. The van der Waals surface area contributed by atoms with Gasteiger partial charge in [-0.15, -0.1) is 0 Å². The Kier molecular flexibility index (Phi) is 3.26. The number of ketones is 1. The van der Waals surface area contributed by atoms with Gasteiger partial charge in [-0.05, 0) is 25.1 Å². The highest BCUT2D eigenvalue weighted by molar-refractivity contribution is 5.96. The van der Waals surface area contributed by atoms with E-state index in [2.05, 4.69) is 0 Å². The number of alkyl halides is 3. The quantitative estimate of drug-likeness (QED) is 0.729. The van der Waals surface area contributed by atoms with E-state index in [1.807, 2.05) is 0 Å². The first-order valence-corrected chi connectivity index (χ1v) is 4.63. The molecule has 1 rings (SSSR count). The van der Waals surface area contributed by atoms with E-state index in [0.717, 1.165) is 13.0 Å². The topological polar surface area (TPSA) is 20.3 Å². The van der Waals surface area contributed by atoms with Gasteiger partial charge in [0.25, 0.3) is 0 Å². The molecule has 2 nitrogen and oxygen atoms in total. The van der Waals surface area contributed by atoms with Crippen LogP contribution in [0.4, 0.5) is 18.9 Å². The van der Waals surface area contributed by atoms with Crippen LogP contribution >= 0.6 is 0 Å². The van der Waals surface area contributed by atoms with Crippen LogP contribution in [0.5, 0.6) is 0 Å². The molecule has 88 valence electrons. The number of halogens is 3. The summed E-state index contributed by atoms with van der Waals surface area (Å²) in [5, 5.41) is 0. The Balaban J connectivity index is 3.37.